The Labute approximate surface area is 356 Å². The third-order valence-corrected chi connectivity index (χ3v) is 10.8. The Kier molecular flexibility index (Phi) is 39.0. The topological polar surface area (TPSA) is 108 Å². The molecule has 58 heavy (non-hydrogen) atoms. The van der Waals surface area contributed by atoms with Gasteiger partial charge in [0.15, 0.2) is 6.10 Å². The van der Waals surface area contributed by atoms with Gasteiger partial charge < -0.3 is 18.9 Å². The van der Waals surface area contributed by atoms with Crippen LogP contribution in [0.2, 0.25) is 0 Å². The van der Waals surface area contributed by atoms with E-state index in [1.807, 2.05) is 21.1 Å². The number of allylic oxidation sites excluding steroid dienone is 8. The highest BCUT2D eigenvalue weighted by atomic mass is 31.2. The average molecular weight is 839 g/mol. The molecule has 0 bridgehead atoms. The lowest BCUT2D eigenvalue weighted by molar-refractivity contribution is -0.870. The van der Waals surface area contributed by atoms with Gasteiger partial charge in [0.2, 0.25) is 0 Å². The van der Waals surface area contributed by atoms with Crippen molar-refractivity contribution in [3.05, 3.63) is 48.6 Å². The van der Waals surface area contributed by atoms with Crippen LogP contribution in [0.4, 0.5) is 0 Å². The zero-order valence-corrected chi connectivity index (χ0v) is 38.9. The summed E-state index contributed by atoms with van der Waals surface area (Å²) in [4.78, 5) is 35.4. The van der Waals surface area contributed by atoms with Crippen LogP contribution >= 0.6 is 7.82 Å². The maximum Gasteiger partial charge on any atom is 0.472 e. The first kappa shape index (κ1) is 56.0. The maximum absolute atomic E-state index is 12.7. The van der Waals surface area contributed by atoms with Crippen molar-refractivity contribution in [2.45, 2.75) is 200 Å². The number of carbonyl (C=O) groups is 2. The molecule has 0 heterocycles. The van der Waals surface area contributed by atoms with Crippen LogP contribution in [0.5, 0.6) is 0 Å². The van der Waals surface area contributed by atoms with Gasteiger partial charge in [-0.25, -0.2) is 4.57 Å². The van der Waals surface area contributed by atoms with E-state index in [9.17, 15) is 19.0 Å². The highest BCUT2D eigenvalue weighted by molar-refractivity contribution is 7.47. The van der Waals surface area contributed by atoms with Gasteiger partial charge in [0, 0.05) is 12.8 Å². The molecule has 0 radical (unpaired) electrons. The first-order chi connectivity index (χ1) is 28.0. The molecule has 0 aliphatic carbocycles. The van der Waals surface area contributed by atoms with Gasteiger partial charge in [0.25, 0.3) is 0 Å². The Morgan fingerprint density at radius 3 is 1.43 bits per heavy atom. The third kappa shape index (κ3) is 43.5. The van der Waals surface area contributed by atoms with Gasteiger partial charge >= 0.3 is 19.8 Å². The standard InChI is InChI=1S/C48H88NO8P/c1-6-8-10-12-14-16-18-20-22-23-24-25-27-29-31-33-35-37-39-41-48(51)57-46(45-56-58(52,53)55-43-42-49(3,4)5)44-54-47(50)40-38-36-34-32-30-28-26-21-19-17-15-13-11-9-7-2/h14,16,20-22,24-26,46H,6-13,15,17-19,23,27-45H2,1-5H3/p+1/b16-14-,22-20-,25-24-,26-21-. The van der Waals surface area contributed by atoms with E-state index in [-0.39, 0.29) is 32.0 Å². The fourth-order valence-electron chi connectivity index (χ4n) is 6.13. The van der Waals surface area contributed by atoms with Crippen LogP contribution in [0, 0.1) is 0 Å². The smallest absolute Gasteiger partial charge is 0.462 e. The summed E-state index contributed by atoms with van der Waals surface area (Å²) in [6, 6.07) is 0. The second-order valence-corrected chi connectivity index (χ2v) is 18.2. The van der Waals surface area contributed by atoms with Gasteiger partial charge in [-0.05, 0) is 77.0 Å². The molecule has 0 aliphatic heterocycles. The minimum atomic E-state index is -4.38. The van der Waals surface area contributed by atoms with Gasteiger partial charge in [0.05, 0.1) is 27.7 Å². The number of esters is 2. The Hall–Kier alpha value is -2.03. The Morgan fingerprint density at radius 2 is 0.931 bits per heavy atom. The first-order valence-corrected chi connectivity index (χ1v) is 24.9. The number of hydrogen-bond donors (Lipinski definition) is 1. The number of unbranched alkanes of at least 4 members (excludes halogenated alkanes) is 20. The van der Waals surface area contributed by atoms with Gasteiger partial charge in [-0.3, -0.25) is 18.6 Å². The second-order valence-electron chi connectivity index (χ2n) is 16.8. The van der Waals surface area contributed by atoms with Crippen LogP contribution in [0.3, 0.4) is 0 Å². The molecule has 0 aliphatic rings. The van der Waals surface area contributed by atoms with E-state index >= 15 is 0 Å². The predicted octanol–water partition coefficient (Wildman–Crippen LogP) is 13.5. The average Bonchev–Trinajstić information content (AvgIpc) is 3.17. The van der Waals surface area contributed by atoms with E-state index in [2.05, 4.69) is 62.5 Å². The van der Waals surface area contributed by atoms with Crippen molar-refractivity contribution in [1.29, 1.82) is 0 Å². The van der Waals surface area contributed by atoms with E-state index in [1.165, 1.54) is 70.6 Å². The Bertz CT molecular complexity index is 1130. The molecular weight excluding hydrogens is 750 g/mol. The van der Waals surface area contributed by atoms with Crippen molar-refractivity contribution in [1.82, 2.24) is 0 Å². The minimum Gasteiger partial charge on any atom is -0.462 e. The van der Waals surface area contributed by atoms with E-state index in [0.29, 0.717) is 17.4 Å². The summed E-state index contributed by atoms with van der Waals surface area (Å²) in [7, 11) is 1.46. The number of nitrogens with zero attached hydrogens (tertiary/aromatic N) is 1. The quantitative estimate of drug-likeness (QED) is 0.0213. The first-order valence-electron chi connectivity index (χ1n) is 23.4. The summed E-state index contributed by atoms with van der Waals surface area (Å²) in [6.45, 7) is 4.37. The van der Waals surface area contributed by atoms with E-state index in [0.717, 1.165) is 89.9 Å². The number of phosphoric ester groups is 1. The van der Waals surface area contributed by atoms with Gasteiger partial charge in [-0.2, -0.15) is 0 Å². The van der Waals surface area contributed by atoms with Crippen LogP contribution in [-0.4, -0.2) is 74.9 Å². The van der Waals surface area contributed by atoms with Crippen molar-refractivity contribution in [2.24, 2.45) is 0 Å². The zero-order valence-electron chi connectivity index (χ0n) is 38.0. The van der Waals surface area contributed by atoms with Gasteiger partial charge in [-0.1, -0.05) is 152 Å². The molecule has 2 unspecified atom stereocenters. The minimum absolute atomic E-state index is 0.0263. The molecule has 0 saturated carbocycles. The molecule has 10 heteroatoms. The molecule has 0 spiro atoms. The largest absolute Gasteiger partial charge is 0.472 e. The number of carbonyl (C=O) groups excluding carboxylic acids is 2. The number of likely N-dealkylation sites (N-methyl/N-ethyl adjacent to an activating group) is 1. The van der Waals surface area contributed by atoms with Gasteiger partial charge in [0.1, 0.15) is 19.8 Å². The highest BCUT2D eigenvalue weighted by Gasteiger charge is 2.27. The lowest BCUT2D eigenvalue weighted by Gasteiger charge is -2.24. The SMILES string of the molecule is CCCCC/C=C\C/C=C\C/C=C\CCCCCCCCC(=O)OC(COC(=O)CCCCCCC/C=C\CCCCCCCC)COP(=O)(O)OCC[N+](C)(C)C. The number of ether oxygens (including phenoxy) is 2. The molecular formula is C48H89NO8P+. The summed E-state index contributed by atoms with van der Waals surface area (Å²) in [5.74, 6) is -0.823. The van der Waals surface area contributed by atoms with Crippen molar-refractivity contribution in [3.8, 4) is 0 Å². The number of quaternary nitrogens is 1. The highest BCUT2D eigenvalue weighted by Crippen LogP contribution is 2.43. The molecule has 0 aromatic carbocycles. The Balaban J connectivity index is 4.37. The third-order valence-electron chi connectivity index (χ3n) is 9.83. The van der Waals surface area contributed by atoms with Crippen LogP contribution in [-0.2, 0) is 32.7 Å². The number of hydrogen-bond acceptors (Lipinski definition) is 7. The molecule has 0 rings (SSSR count). The molecule has 0 aromatic heterocycles. The zero-order chi connectivity index (χ0) is 42.8. The summed E-state index contributed by atoms with van der Waals surface area (Å²) in [5, 5.41) is 0. The van der Waals surface area contributed by atoms with Crippen molar-refractivity contribution in [2.75, 3.05) is 47.5 Å². The lowest BCUT2D eigenvalue weighted by atomic mass is 10.1. The monoisotopic (exact) mass is 839 g/mol. The molecule has 0 aromatic rings. The summed E-state index contributed by atoms with van der Waals surface area (Å²) in [5.41, 5.74) is 0. The Morgan fingerprint density at radius 1 is 0.534 bits per heavy atom. The van der Waals surface area contributed by atoms with Crippen LogP contribution in [0.25, 0.3) is 0 Å². The van der Waals surface area contributed by atoms with E-state index < -0.39 is 26.5 Å². The van der Waals surface area contributed by atoms with Crippen LogP contribution in [0.15, 0.2) is 48.6 Å². The summed E-state index contributed by atoms with van der Waals surface area (Å²) < 4.78 is 34.3. The lowest BCUT2D eigenvalue weighted by Crippen LogP contribution is -2.37. The molecule has 0 saturated heterocycles. The van der Waals surface area contributed by atoms with E-state index in [1.54, 1.807) is 0 Å². The predicted molar refractivity (Wildman–Crippen MR) is 243 cm³/mol. The van der Waals surface area contributed by atoms with Crippen LogP contribution < -0.4 is 0 Å². The molecule has 9 nitrogen and oxygen atoms in total. The fourth-order valence-corrected chi connectivity index (χ4v) is 6.87. The second kappa shape index (κ2) is 40.4. The van der Waals surface area contributed by atoms with E-state index in [4.69, 9.17) is 18.5 Å². The molecule has 2 atom stereocenters. The van der Waals surface area contributed by atoms with Crippen LogP contribution in [0.1, 0.15) is 194 Å². The maximum atomic E-state index is 12.7. The van der Waals surface area contributed by atoms with Gasteiger partial charge in [-0.15, -0.1) is 0 Å². The van der Waals surface area contributed by atoms with Crippen molar-refractivity contribution in [3.63, 3.8) is 0 Å². The molecule has 0 fully saturated rings. The number of phosphoric acid groups is 1. The summed E-state index contributed by atoms with van der Waals surface area (Å²) >= 11 is 0. The van der Waals surface area contributed by atoms with Crippen molar-refractivity contribution < 1.29 is 42.1 Å². The summed E-state index contributed by atoms with van der Waals surface area (Å²) in [6.07, 6.45) is 47.2. The normalized spacial score (nSPS) is 14.0. The molecule has 338 valence electrons. The molecule has 1 N–H and O–H groups in total. The van der Waals surface area contributed by atoms with Crippen molar-refractivity contribution >= 4 is 19.8 Å². The number of rotatable bonds is 42. The fraction of sp³-hybridized carbons (Fsp3) is 0.792. The molecule has 0 amide bonds.